The minimum Gasteiger partial charge on any atom is -0.497 e. The van der Waals surface area contributed by atoms with E-state index in [9.17, 15) is 9.18 Å². The number of methoxy groups -OCH3 is 2. The van der Waals surface area contributed by atoms with Crippen molar-refractivity contribution in [2.75, 3.05) is 31.4 Å². The number of carbonyl (C=O) groups is 1. The van der Waals surface area contributed by atoms with Crippen molar-refractivity contribution in [2.24, 2.45) is 0 Å². The molecule has 0 spiro atoms. The number of ether oxygens (including phenoxy) is 2. The number of anilines is 2. The Labute approximate surface area is 167 Å². The summed E-state index contributed by atoms with van der Waals surface area (Å²) >= 11 is 0. The summed E-state index contributed by atoms with van der Waals surface area (Å²) in [6.07, 6.45) is 3.58. The van der Waals surface area contributed by atoms with Crippen molar-refractivity contribution >= 4 is 17.5 Å². The van der Waals surface area contributed by atoms with Gasteiger partial charge in [-0.15, -0.1) is 0 Å². The van der Waals surface area contributed by atoms with Crippen molar-refractivity contribution in [2.45, 2.75) is 6.42 Å². The topological polar surface area (TPSA) is 85.4 Å². The van der Waals surface area contributed by atoms with Crippen LogP contribution in [0.2, 0.25) is 0 Å². The molecule has 3 rings (SSSR count). The van der Waals surface area contributed by atoms with Crippen LogP contribution in [0.5, 0.6) is 11.5 Å². The predicted octanol–water partition coefficient (Wildman–Crippen LogP) is 3.54. The van der Waals surface area contributed by atoms with Gasteiger partial charge in [0.15, 0.2) is 0 Å². The second-order valence-electron chi connectivity index (χ2n) is 6.12. The molecule has 0 bridgehead atoms. The van der Waals surface area contributed by atoms with Gasteiger partial charge in [-0.3, -0.25) is 4.79 Å². The minimum absolute atomic E-state index is 0.258. The first-order valence-corrected chi connectivity index (χ1v) is 8.93. The molecule has 7 nitrogen and oxygen atoms in total. The number of benzene rings is 2. The number of hydrogen-bond donors (Lipinski definition) is 2. The molecule has 0 atom stereocenters. The van der Waals surface area contributed by atoms with E-state index in [4.69, 9.17) is 9.47 Å². The van der Waals surface area contributed by atoms with E-state index in [1.165, 1.54) is 31.6 Å². The predicted molar refractivity (Wildman–Crippen MR) is 108 cm³/mol. The molecule has 0 unspecified atom stereocenters. The lowest BCUT2D eigenvalue weighted by Crippen LogP contribution is -2.14. The summed E-state index contributed by atoms with van der Waals surface area (Å²) < 4.78 is 23.3. The molecular formula is C21H21FN4O3. The number of aromatic nitrogens is 2. The monoisotopic (exact) mass is 396 g/mol. The molecule has 3 aromatic rings. The molecule has 0 aliphatic carbocycles. The average Bonchev–Trinajstić information content (AvgIpc) is 2.76. The number of hydrogen-bond acceptors (Lipinski definition) is 6. The molecule has 0 aliphatic heterocycles. The van der Waals surface area contributed by atoms with Crippen molar-refractivity contribution < 1.29 is 18.7 Å². The summed E-state index contributed by atoms with van der Waals surface area (Å²) in [5.74, 6) is 0.903. The summed E-state index contributed by atoms with van der Waals surface area (Å²) in [4.78, 5) is 20.8. The molecular weight excluding hydrogens is 375 g/mol. The van der Waals surface area contributed by atoms with E-state index in [0.29, 0.717) is 41.7 Å². The van der Waals surface area contributed by atoms with Crippen molar-refractivity contribution in [3.63, 3.8) is 0 Å². The third kappa shape index (κ3) is 5.41. The highest BCUT2D eigenvalue weighted by atomic mass is 19.1. The zero-order valence-corrected chi connectivity index (χ0v) is 16.1. The fourth-order valence-corrected chi connectivity index (χ4v) is 2.60. The zero-order valence-electron chi connectivity index (χ0n) is 16.1. The molecule has 0 radical (unpaired) electrons. The van der Waals surface area contributed by atoms with Crippen LogP contribution in [0.15, 0.2) is 54.9 Å². The van der Waals surface area contributed by atoms with Crippen LogP contribution >= 0.6 is 0 Å². The first-order valence-electron chi connectivity index (χ1n) is 8.93. The van der Waals surface area contributed by atoms with E-state index < -0.39 is 0 Å². The molecule has 2 aromatic carbocycles. The van der Waals surface area contributed by atoms with Crippen LogP contribution in [0.1, 0.15) is 15.9 Å². The van der Waals surface area contributed by atoms with Gasteiger partial charge in [0.2, 0.25) is 5.95 Å². The van der Waals surface area contributed by atoms with E-state index in [1.807, 2.05) is 0 Å². The molecule has 8 heteroatoms. The van der Waals surface area contributed by atoms with Crippen LogP contribution in [0.3, 0.4) is 0 Å². The Hall–Kier alpha value is -3.68. The van der Waals surface area contributed by atoms with E-state index in [2.05, 4.69) is 20.6 Å². The molecule has 0 aliphatic rings. The summed E-state index contributed by atoms with van der Waals surface area (Å²) in [5.41, 5.74) is 1.83. The Balaban J connectivity index is 1.56. The van der Waals surface area contributed by atoms with Gasteiger partial charge in [0.25, 0.3) is 5.91 Å². The molecule has 0 fully saturated rings. The smallest absolute Gasteiger partial charge is 0.258 e. The first-order chi connectivity index (χ1) is 14.1. The summed E-state index contributed by atoms with van der Waals surface area (Å²) in [6.45, 7) is 0.584. The Morgan fingerprint density at radius 3 is 2.41 bits per heavy atom. The van der Waals surface area contributed by atoms with Crippen LogP contribution in [0, 0.1) is 5.82 Å². The maximum atomic E-state index is 12.9. The zero-order chi connectivity index (χ0) is 20.6. The van der Waals surface area contributed by atoms with Crippen LogP contribution in [0.25, 0.3) is 0 Å². The molecule has 1 aromatic heterocycles. The molecule has 29 heavy (non-hydrogen) atoms. The average molecular weight is 396 g/mol. The highest BCUT2D eigenvalue weighted by molar-refractivity contribution is 6.04. The molecule has 0 saturated heterocycles. The lowest BCUT2D eigenvalue weighted by Gasteiger charge is -2.11. The van der Waals surface area contributed by atoms with Gasteiger partial charge in [-0.2, -0.15) is 0 Å². The fraction of sp³-hybridized carbons (Fsp3) is 0.190. The fourth-order valence-electron chi connectivity index (χ4n) is 2.60. The van der Waals surface area contributed by atoms with Crippen molar-refractivity contribution in [3.8, 4) is 11.5 Å². The standard InChI is InChI=1S/C21H21FN4O3/c1-28-17-7-8-18(19(11-17)29-2)26-20(27)15-12-24-21(25-13-15)23-10-9-14-3-5-16(22)6-4-14/h3-8,11-13H,9-10H2,1-2H3,(H,26,27)(H,23,24,25). The minimum atomic E-state index is -0.355. The van der Waals surface area contributed by atoms with Crippen LogP contribution < -0.4 is 20.1 Å². The van der Waals surface area contributed by atoms with Crippen molar-refractivity contribution in [3.05, 3.63) is 71.8 Å². The van der Waals surface area contributed by atoms with Gasteiger partial charge in [-0.25, -0.2) is 14.4 Å². The molecule has 150 valence electrons. The first kappa shape index (κ1) is 20.1. The van der Waals surface area contributed by atoms with Gasteiger partial charge in [-0.1, -0.05) is 12.1 Å². The number of nitrogens with zero attached hydrogens (tertiary/aromatic N) is 2. The Bertz CT molecular complexity index is 963. The second kappa shape index (κ2) is 9.50. The summed E-state index contributed by atoms with van der Waals surface area (Å²) in [7, 11) is 3.07. The van der Waals surface area contributed by atoms with Gasteiger partial charge < -0.3 is 20.1 Å². The summed E-state index contributed by atoms with van der Waals surface area (Å²) in [5, 5.41) is 5.84. The van der Waals surface area contributed by atoms with Gasteiger partial charge in [0, 0.05) is 25.0 Å². The van der Waals surface area contributed by atoms with Crippen LogP contribution in [-0.4, -0.2) is 36.6 Å². The van der Waals surface area contributed by atoms with Gasteiger partial charge >= 0.3 is 0 Å². The maximum absolute atomic E-state index is 12.9. The van der Waals surface area contributed by atoms with Gasteiger partial charge in [0.05, 0.1) is 25.5 Å². The SMILES string of the molecule is COc1ccc(NC(=O)c2cnc(NCCc3ccc(F)cc3)nc2)c(OC)c1. The van der Waals surface area contributed by atoms with E-state index in [1.54, 1.807) is 37.4 Å². The normalized spacial score (nSPS) is 10.3. The van der Waals surface area contributed by atoms with Crippen LogP contribution in [0.4, 0.5) is 16.0 Å². The Kier molecular flexibility index (Phi) is 6.57. The third-order valence-electron chi connectivity index (χ3n) is 4.18. The number of rotatable bonds is 8. The highest BCUT2D eigenvalue weighted by Gasteiger charge is 2.12. The molecule has 2 N–H and O–H groups in total. The van der Waals surface area contributed by atoms with Crippen LogP contribution in [-0.2, 0) is 6.42 Å². The molecule has 1 amide bonds. The third-order valence-corrected chi connectivity index (χ3v) is 4.18. The van der Waals surface area contributed by atoms with E-state index in [-0.39, 0.29) is 11.7 Å². The lowest BCUT2D eigenvalue weighted by molar-refractivity contribution is 0.102. The highest BCUT2D eigenvalue weighted by Crippen LogP contribution is 2.29. The van der Waals surface area contributed by atoms with Gasteiger partial charge in [0.1, 0.15) is 17.3 Å². The van der Waals surface area contributed by atoms with Crippen molar-refractivity contribution in [1.82, 2.24) is 9.97 Å². The Morgan fingerprint density at radius 1 is 1.03 bits per heavy atom. The van der Waals surface area contributed by atoms with Crippen molar-refractivity contribution in [1.29, 1.82) is 0 Å². The van der Waals surface area contributed by atoms with Gasteiger partial charge in [-0.05, 0) is 36.2 Å². The maximum Gasteiger partial charge on any atom is 0.258 e. The number of carbonyl (C=O) groups excluding carboxylic acids is 1. The molecule has 0 saturated carbocycles. The number of nitrogens with one attached hydrogen (secondary N) is 2. The number of amides is 1. The number of halogens is 1. The molecule has 1 heterocycles. The van der Waals surface area contributed by atoms with E-state index >= 15 is 0 Å². The largest absolute Gasteiger partial charge is 0.497 e. The second-order valence-corrected chi connectivity index (χ2v) is 6.12. The lowest BCUT2D eigenvalue weighted by atomic mass is 10.1. The Morgan fingerprint density at radius 2 is 1.76 bits per heavy atom. The van der Waals surface area contributed by atoms with E-state index in [0.717, 1.165) is 5.56 Å². The quantitative estimate of drug-likeness (QED) is 0.606. The summed E-state index contributed by atoms with van der Waals surface area (Å²) in [6, 6.07) is 11.4.